The molecule has 2 atom stereocenters. The number of amides is 6. The molecule has 18 nitrogen and oxygen atoms in total. The van der Waals surface area contributed by atoms with Gasteiger partial charge in [-0.15, -0.1) is 0 Å². The van der Waals surface area contributed by atoms with Gasteiger partial charge in [0.1, 0.15) is 48.1 Å². The van der Waals surface area contributed by atoms with Crippen molar-refractivity contribution in [2.75, 3.05) is 51.0 Å². The number of nitrogens with two attached hydrogens (primary N) is 3. The van der Waals surface area contributed by atoms with E-state index in [4.69, 9.17) is 38.4 Å². The molecule has 8 N–H and O–H groups in total. The zero-order valence-electron chi connectivity index (χ0n) is 45.7. The molecule has 84 heavy (non-hydrogen) atoms. The van der Waals surface area contributed by atoms with Gasteiger partial charge in [0.15, 0.2) is 0 Å². The number of hydrazine groups is 1. The minimum atomic E-state index is -0.837. The van der Waals surface area contributed by atoms with Crippen molar-refractivity contribution in [3.63, 3.8) is 0 Å². The summed E-state index contributed by atoms with van der Waals surface area (Å²) in [6, 6.07) is 25.9. The summed E-state index contributed by atoms with van der Waals surface area (Å²) in [4.78, 5) is 88.9. The molecule has 5 aromatic carbocycles. The van der Waals surface area contributed by atoms with Crippen molar-refractivity contribution in [3.8, 4) is 0 Å². The van der Waals surface area contributed by atoms with E-state index in [0.29, 0.717) is 64.2 Å². The van der Waals surface area contributed by atoms with Crippen LogP contribution in [0.25, 0.3) is 21.5 Å². The predicted molar refractivity (Wildman–Crippen MR) is 324 cm³/mol. The van der Waals surface area contributed by atoms with Gasteiger partial charge >= 0.3 is 12.2 Å². The lowest BCUT2D eigenvalue weighted by molar-refractivity contribution is -0.133. The molecule has 26 heteroatoms. The molecule has 0 radical (unpaired) electrons. The third-order valence-corrected chi connectivity index (χ3v) is 14.2. The van der Waals surface area contributed by atoms with Gasteiger partial charge in [0, 0.05) is 56.6 Å². The second kappa shape index (κ2) is 33.6. The van der Waals surface area contributed by atoms with Crippen LogP contribution in [0.15, 0.2) is 122 Å². The van der Waals surface area contributed by atoms with Crippen LogP contribution in [0.3, 0.4) is 0 Å². The lowest BCUT2D eigenvalue weighted by Crippen LogP contribution is -2.42. The Kier molecular flexibility index (Phi) is 27.6. The number of imide groups is 1. The molecular weight excluding hydrogens is 1180 g/mol. The highest BCUT2D eigenvalue weighted by Crippen LogP contribution is 2.26. The van der Waals surface area contributed by atoms with E-state index < -0.39 is 47.5 Å². The number of benzene rings is 5. The number of likely N-dealkylation sites (N-methyl/N-ethyl adjacent to an activating group) is 2. The van der Waals surface area contributed by atoms with Crippen molar-refractivity contribution in [1.82, 2.24) is 24.7 Å². The van der Waals surface area contributed by atoms with Gasteiger partial charge in [-0.05, 0) is 140 Å². The predicted octanol–water partition coefficient (Wildman–Crippen LogP) is 10.2. The number of aryl methyl sites for hydroxylation is 2. The van der Waals surface area contributed by atoms with E-state index in [2.05, 4.69) is 32.3 Å². The van der Waals surface area contributed by atoms with Gasteiger partial charge < -0.3 is 25.0 Å². The van der Waals surface area contributed by atoms with Gasteiger partial charge in [-0.25, -0.2) is 37.1 Å². The minimum absolute atomic E-state index is 0. The van der Waals surface area contributed by atoms with Crippen LogP contribution in [-0.4, -0.2) is 113 Å². The zero-order chi connectivity index (χ0) is 59.5. The van der Waals surface area contributed by atoms with Crippen LogP contribution >= 0.6 is 50.2 Å². The Hall–Kier alpha value is -7.58. The van der Waals surface area contributed by atoms with Crippen LogP contribution in [0.4, 0.5) is 38.8 Å². The number of pyridine rings is 2. The van der Waals surface area contributed by atoms with Gasteiger partial charge in [-0.1, -0.05) is 59.6 Å². The van der Waals surface area contributed by atoms with Crippen LogP contribution in [0.1, 0.15) is 70.4 Å². The summed E-state index contributed by atoms with van der Waals surface area (Å²) in [7, 11) is 3.18. The highest BCUT2D eigenvalue weighted by atomic mass is 35.5. The first kappa shape index (κ1) is 68.9. The molecule has 0 unspecified atom stereocenters. The molecule has 0 saturated carbocycles. The highest BCUT2D eigenvalue weighted by molar-refractivity contribution is 7.59. The number of hydrogen-bond donors (Lipinski definition) is 5. The third kappa shape index (κ3) is 19.0. The molecule has 0 aliphatic carbocycles. The molecule has 8 rings (SSSR count). The van der Waals surface area contributed by atoms with Crippen LogP contribution in [0.2, 0.25) is 10.0 Å². The van der Waals surface area contributed by atoms with E-state index in [1.54, 1.807) is 74.8 Å². The van der Waals surface area contributed by atoms with Gasteiger partial charge in [0.2, 0.25) is 11.8 Å². The van der Waals surface area contributed by atoms with Crippen molar-refractivity contribution >= 4 is 119 Å². The van der Waals surface area contributed by atoms with Crippen molar-refractivity contribution in [3.05, 3.63) is 177 Å². The molecule has 0 bridgehead atoms. The lowest BCUT2D eigenvalue weighted by Gasteiger charge is -2.28. The molecule has 0 saturated heterocycles. The average Bonchev–Trinajstić information content (AvgIpc) is 3.76. The molecule has 448 valence electrons. The normalized spacial score (nSPS) is 12.0. The molecule has 1 aliphatic rings. The van der Waals surface area contributed by atoms with Crippen LogP contribution < -0.4 is 28.1 Å². The van der Waals surface area contributed by atoms with Gasteiger partial charge in [-0.2, -0.15) is 27.0 Å². The van der Waals surface area contributed by atoms with E-state index in [1.807, 2.05) is 0 Å². The number of hydrogen-bond acceptors (Lipinski definition) is 13. The molecule has 6 amide bonds. The smallest absolute Gasteiger partial charge is 0.412 e. The van der Waals surface area contributed by atoms with Crippen LogP contribution in [-0.2, 0) is 31.9 Å². The van der Waals surface area contributed by atoms with Crippen molar-refractivity contribution in [2.24, 2.45) is 17.4 Å². The topological polar surface area (TPSA) is 258 Å². The van der Waals surface area contributed by atoms with Gasteiger partial charge in [0.25, 0.3) is 11.8 Å². The number of fused-ring (bicyclic) bond motifs is 3. The number of carbonyl (C=O) groups is 6. The average molecular weight is 1240 g/mol. The standard InChI is InChI=1S/C33H29ClF2N4O5.C25H27ClF2N4O3.H4N2.2H2S/c1-39(29(41)14-12-20-6-4-10-27(36)30(20)34)24(7-5-15-40-31(42)25-8-2-3-9-26(25)32(40)43)19-45-33(44)38-28-17-22-16-23(35)13-11-21(22)18-37-28;1-32(23(33)10-8-16-4-2-6-21(28)24(16)26)20(5-3-11-29)15-35-25(34)31-22-13-18-12-19(27)9-7-17(18)14-30-22;1-2;;/h2-4,6,8-11,13,16-18,24H,5,7,12,14-15,19H2,1H3,(H,37,38,44);2,4,6-7,9,12-14,20H,3,5,8,10-11,15,29H2,1H3,(H,30,31,34);1-2H2;2*1H2/t24-;20-;;;/m00.../s1. The Balaban J connectivity index is 0.000000352. The SMILES string of the molecule is CN(C(=O)CCc1cccc(F)c1Cl)[C@@H](CCCN)COC(=O)Nc1cc2cc(F)ccc2cn1.CN(C(=O)CCc1cccc(F)c1Cl)[C@@H](CCCN1C(=O)c2ccccc2C1=O)COC(=O)Nc1cc2cc(F)ccc2cn1.NN.S.S. The Bertz CT molecular complexity index is 3400. The maximum absolute atomic E-state index is 13.9. The first-order chi connectivity index (χ1) is 39.4. The fourth-order valence-electron chi connectivity index (χ4n) is 8.77. The van der Waals surface area contributed by atoms with E-state index >= 15 is 0 Å². The fraction of sp³-hybridized carbons (Fsp3) is 0.276. The Morgan fingerprint density at radius 1 is 0.595 bits per heavy atom. The largest absolute Gasteiger partial charge is 0.447 e. The molecule has 2 aromatic heterocycles. The number of carbonyl (C=O) groups excluding carboxylic acids is 6. The maximum Gasteiger partial charge on any atom is 0.412 e. The summed E-state index contributed by atoms with van der Waals surface area (Å²) in [5.74, 6) is 5.15. The van der Waals surface area contributed by atoms with E-state index in [0.717, 1.165) is 10.3 Å². The van der Waals surface area contributed by atoms with Crippen molar-refractivity contribution < 1.29 is 55.8 Å². The summed E-state index contributed by atoms with van der Waals surface area (Å²) < 4.78 is 65.4. The number of halogens is 6. The van der Waals surface area contributed by atoms with Gasteiger partial charge in [-0.3, -0.25) is 46.4 Å². The summed E-state index contributed by atoms with van der Waals surface area (Å²) in [6.45, 7) is 0.255. The van der Waals surface area contributed by atoms with E-state index in [9.17, 15) is 46.3 Å². The lowest BCUT2D eigenvalue weighted by atomic mass is 10.1. The highest BCUT2D eigenvalue weighted by Gasteiger charge is 2.35. The summed E-state index contributed by atoms with van der Waals surface area (Å²) in [5.41, 5.74) is 7.34. The molecule has 7 aromatic rings. The van der Waals surface area contributed by atoms with Gasteiger partial charge in [0.05, 0.1) is 33.3 Å². The summed E-state index contributed by atoms with van der Waals surface area (Å²) in [5, 5.41) is 7.53. The fourth-order valence-corrected chi connectivity index (χ4v) is 9.21. The zero-order valence-corrected chi connectivity index (χ0v) is 49.2. The molecule has 3 heterocycles. The quantitative estimate of drug-likeness (QED) is 0.0194. The number of aromatic nitrogens is 2. The van der Waals surface area contributed by atoms with Crippen LogP contribution in [0, 0.1) is 23.3 Å². The number of rotatable bonds is 21. The Morgan fingerprint density at radius 2 is 1.01 bits per heavy atom. The molecule has 1 aliphatic heterocycles. The third-order valence-electron chi connectivity index (χ3n) is 13.3. The molecule has 0 spiro atoms. The van der Waals surface area contributed by atoms with Crippen LogP contribution in [0.5, 0.6) is 0 Å². The van der Waals surface area contributed by atoms with Crippen molar-refractivity contribution in [1.29, 1.82) is 0 Å². The second-order valence-corrected chi connectivity index (χ2v) is 19.4. The summed E-state index contributed by atoms with van der Waals surface area (Å²) >= 11 is 12.0. The Morgan fingerprint density at radius 3 is 1.43 bits per heavy atom. The van der Waals surface area contributed by atoms with Crippen molar-refractivity contribution in [2.45, 2.75) is 63.5 Å². The van der Waals surface area contributed by atoms with E-state index in [1.165, 1.54) is 70.7 Å². The Labute approximate surface area is 506 Å². The second-order valence-electron chi connectivity index (χ2n) is 18.7. The monoisotopic (exact) mass is 1240 g/mol. The number of nitrogens with one attached hydrogen (secondary N) is 2. The first-order valence-electron chi connectivity index (χ1n) is 25.7. The number of nitrogens with zero attached hydrogens (tertiary/aromatic N) is 5. The minimum Gasteiger partial charge on any atom is -0.447 e. The molecule has 0 fully saturated rings. The number of anilines is 2. The van der Waals surface area contributed by atoms with E-state index in [-0.39, 0.29) is 124 Å². The first-order valence-corrected chi connectivity index (χ1v) is 26.5. The molecular formula is C58H64Cl2F4N10O8S2. The number of ether oxygens (including phenoxy) is 2. The summed E-state index contributed by atoms with van der Waals surface area (Å²) in [6.07, 6.45) is 3.78. The maximum atomic E-state index is 13.9.